The highest BCUT2D eigenvalue weighted by atomic mass is 35.5. The number of esters is 1. The van der Waals surface area contributed by atoms with E-state index in [1.807, 2.05) is 16.8 Å². The van der Waals surface area contributed by atoms with Crippen molar-refractivity contribution < 1.29 is 33.6 Å². The molecular weight excluding hydrogens is 494 g/mol. The van der Waals surface area contributed by atoms with Gasteiger partial charge in [0, 0.05) is 23.2 Å². The molecule has 1 aromatic carbocycles. The van der Waals surface area contributed by atoms with Crippen LogP contribution in [0.3, 0.4) is 0 Å². The van der Waals surface area contributed by atoms with Crippen LogP contribution in [0, 0.1) is 5.92 Å². The topological polar surface area (TPSA) is 104 Å². The van der Waals surface area contributed by atoms with Gasteiger partial charge in [-0.2, -0.15) is 11.3 Å². The van der Waals surface area contributed by atoms with Crippen LogP contribution in [0.15, 0.2) is 29.0 Å². The molecule has 0 bridgehead atoms. The van der Waals surface area contributed by atoms with Crippen molar-refractivity contribution in [2.45, 2.75) is 25.0 Å². The highest BCUT2D eigenvalue weighted by Gasteiger charge is 2.62. The zero-order valence-electron chi connectivity index (χ0n) is 19.4. The first kappa shape index (κ1) is 23.6. The maximum absolute atomic E-state index is 14.0. The molecule has 2 aromatic heterocycles. The molecule has 0 fully saturated rings. The number of ketones is 1. The van der Waals surface area contributed by atoms with Crippen molar-refractivity contribution in [1.82, 2.24) is 4.98 Å². The number of methoxy groups -OCH3 is 3. The minimum absolute atomic E-state index is 0.110. The van der Waals surface area contributed by atoms with Crippen LogP contribution in [0.2, 0.25) is 5.02 Å². The lowest BCUT2D eigenvalue weighted by atomic mass is 9.68. The van der Waals surface area contributed by atoms with Crippen molar-refractivity contribution >= 4 is 34.7 Å². The van der Waals surface area contributed by atoms with E-state index in [0.29, 0.717) is 16.8 Å². The summed E-state index contributed by atoms with van der Waals surface area (Å²) < 4.78 is 22.0. The summed E-state index contributed by atoms with van der Waals surface area (Å²) in [5, 5.41) is 15.8. The number of Topliss-reactive ketones (excluding diaryl/α,β-unsaturated/α-hetero) is 1. The molecule has 1 N–H and O–H groups in total. The van der Waals surface area contributed by atoms with Gasteiger partial charge in [0.25, 0.3) is 0 Å². The Balaban J connectivity index is 1.73. The van der Waals surface area contributed by atoms with Crippen LogP contribution in [-0.4, -0.2) is 48.8 Å². The molecule has 0 radical (unpaired) electrons. The van der Waals surface area contributed by atoms with Crippen LogP contribution < -0.4 is 14.2 Å². The molecule has 3 heterocycles. The third-order valence-electron chi connectivity index (χ3n) is 6.72. The highest BCUT2D eigenvalue weighted by molar-refractivity contribution is 7.08. The quantitative estimate of drug-likeness (QED) is 0.506. The monoisotopic (exact) mass is 515 g/mol. The number of fused-ring (bicyclic) bond motifs is 2. The number of carbonyl (C=O) groups excluding carboxylic acids is 2. The Kier molecular flexibility index (Phi) is 5.74. The van der Waals surface area contributed by atoms with Gasteiger partial charge in [-0.25, -0.2) is 9.78 Å². The van der Waals surface area contributed by atoms with Gasteiger partial charge in [-0.05, 0) is 40.4 Å². The molecule has 0 amide bonds. The van der Waals surface area contributed by atoms with E-state index >= 15 is 0 Å². The van der Waals surface area contributed by atoms with Gasteiger partial charge in [-0.15, -0.1) is 0 Å². The molecule has 1 aliphatic heterocycles. The number of halogens is 1. The zero-order valence-corrected chi connectivity index (χ0v) is 21.0. The number of benzene rings is 1. The summed E-state index contributed by atoms with van der Waals surface area (Å²) >= 11 is 8.00. The number of aliphatic hydroxyl groups excluding tert-OH is 1. The number of hydrogen-bond acceptors (Lipinski definition) is 9. The van der Waals surface area contributed by atoms with E-state index in [1.54, 1.807) is 13.0 Å². The molecule has 1 spiro atoms. The minimum Gasteiger partial charge on any atom is -0.496 e. The van der Waals surface area contributed by atoms with Gasteiger partial charge in [-0.1, -0.05) is 18.5 Å². The largest absolute Gasteiger partial charge is 0.496 e. The Morgan fingerprint density at radius 2 is 2.00 bits per heavy atom. The van der Waals surface area contributed by atoms with Crippen molar-refractivity contribution in [2.75, 3.05) is 21.3 Å². The van der Waals surface area contributed by atoms with Crippen molar-refractivity contribution in [3.05, 3.63) is 56.5 Å². The molecule has 10 heteroatoms. The van der Waals surface area contributed by atoms with Crippen molar-refractivity contribution in [3.63, 3.8) is 0 Å². The Labute approximate surface area is 210 Å². The Bertz CT molecular complexity index is 1360. The van der Waals surface area contributed by atoms with Crippen molar-refractivity contribution in [3.8, 4) is 28.4 Å². The lowest BCUT2D eigenvalue weighted by molar-refractivity contribution is -0.0639. The van der Waals surface area contributed by atoms with E-state index in [9.17, 15) is 14.7 Å². The van der Waals surface area contributed by atoms with E-state index in [1.165, 1.54) is 38.7 Å². The van der Waals surface area contributed by atoms with E-state index in [0.717, 1.165) is 5.56 Å². The Hall–Kier alpha value is -3.14. The Morgan fingerprint density at radius 3 is 2.63 bits per heavy atom. The van der Waals surface area contributed by atoms with Crippen LogP contribution in [0.4, 0.5) is 0 Å². The molecule has 1 aliphatic carbocycles. The second kappa shape index (κ2) is 8.51. The Morgan fingerprint density at radius 1 is 1.26 bits per heavy atom. The zero-order chi connectivity index (χ0) is 25.1. The fraction of sp³-hybridized carbons (Fsp3) is 0.320. The molecule has 0 saturated carbocycles. The summed E-state index contributed by atoms with van der Waals surface area (Å²) in [5.41, 5.74) is 0.905. The van der Waals surface area contributed by atoms with Gasteiger partial charge in [0.2, 0.25) is 11.4 Å². The van der Waals surface area contributed by atoms with Crippen LogP contribution in [0.5, 0.6) is 17.2 Å². The first-order valence-corrected chi connectivity index (χ1v) is 12.1. The van der Waals surface area contributed by atoms with E-state index < -0.39 is 29.4 Å². The van der Waals surface area contributed by atoms with Crippen LogP contribution >= 0.6 is 22.9 Å². The number of carbonyl (C=O) groups is 2. The summed E-state index contributed by atoms with van der Waals surface area (Å²) in [5.74, 6) is -0.908. The summed E-state index contributed by atoms with van der Waals surface area (Å²) in [7, 11) is 4.17. The number of thiophene rings is 1. The second-order valence-corrected chi connectivity index (χ2v) is 9.61. The number of ether oxygens (including phenoxy) is 4. The van der Waals surface area contributed by atoms with Gasteiger partial charge in [-0.3, -0.25) is 4.79 Å². The smallest absolute Gasteiger partial charge is 0.356 e. The van der Waals surface area contributed by atoms with Gasteiger partial charge in [0.15, 0.2) is 5.75 Å². The fourth-order valence-corrected chi connectivity index (χ4v) is 5.90. The SMILES string of the molecule is COC(=O)c1cc(-c2ccsc2)c2c(n1)CC(C)C1(Oc3c(Cl)c(OC)cc(OC)c3C1=O)C2O. The molecule has 2 aliphatic rings. The average molecular weight is 516 g/mol. The number of rotatable bonds is 4. The minimum atomic E-state index is -1.67. The van der Waals surface area contributed by atoms with Crippen LogP contribution in [0.1, 0.15) is 45.1 Å². The summed E-state index contributed by atoms with van der Waals surface area (Å²) in [4.78, 5) is 30.8. The lowest BCUT2D eigenvalue weighted by Gasteiger charge is -2.42. The maximum Gasteiger partial charge on any atom is 0.356 e. The van der Waals surface area contributed by atoms with Crippen LogP contribution in [0.25, 0.3) is 11.1 Å². The molecule has 5 rings (SSSR count). The summed E-state index contributed by atoms with van der Waals surface area (Å²) in [6.07, 6.45) is -1.13. The first-order valence-electron chi connectivity index (χ1n) is 10.8. The van der Waals surface area contributed by atoms with E-state index in [2.05, 4.69) is 4.98 Å². The third kappa shape index (κ3) is 3.26. The normalized spacial score (nSPS) is 22.4. The molecule has 3 atom stereocenters. The lowest BCUT2D eigenvalue weighted by Crippen LogP contribution is -2.55. The molecule has 8 nitrogen and oxygen atoms in total. The molecule has 3 unspecified atom stereocenters. The predicted octanol–water partition coefficient (Wildman–Crippen LogP) is 4.51. The maximum atomic E-state index is 14.0. The molecule has 3 aromatic rings. The second-order valence-electron chi connectivity index (χ2n) is 8.45. The predicted molar refractivity (Wildman–Crippen MR) is 129 cm³/mol. The average Bonchev–Trinajstić information content (AvgIpc) is 3.50. The number of aliphatic hydroxyl groups is 1. The third-order valence-corrected chi connectivity index (χ3v) is 7.76. The number of hydrogen-bond donors (Lipinski definition) is 1. The van der Waals surface area contributed by atoms with Gasteiger partial charge in [0.1, 0.15) is 33.9 Å². The van der Waals surface area contributed by atoms with Crippen LogP contribution in [-0.2, 0) is 11.2 Å². The standard InChI is InChI=1S/C25H22ClNO7S/c1-11-7-14-18(13(12-5-6-35-10-12)8-15(27-14)24(30)33-4)22(28)25(11)23(29)19-16(31-2)9-17(32-3)20(26)21(19)34-25/h5-6,8-11,22,28H,7H2,1-4H3. The molecule has 182 valence electrons. The van der Waals surface area contributed by atoms with Gasteiger partial charge in [0.05, 0.1) is 21.3 Å². The molecule has 0 saturated heterocycles. The molecular formula is C25H22ClNO7S. The van der Waals surface area contributed by atoms with Gasteiger partial charge < -0.3 is 24.1 Å². The fourth-order valence-electron chi connectivity index (χ4n) is 4.98. The van der Waals surface area contributed by atoms with Gasteiger partial charge >= 0.3 is 5.97 Å². The number of pyridine rings is 1. The summed E-state index contributed by atoms with van der Waals surface area (Å²) in [6.45, 7) is 1.80. The highest BCUT2D eigenvalue weighted by Crippen LogP contribution is 2.57. The van der Waals surface area contributed by atoms with E-state index in [-0.39, 0.29) is 39.9 Å². The molecule has 35 heavy (non-hydrogen) atoms. The van der Waals surface area contributed by atoms with E-state index in [4.69, 9.17) is 30.5 Å². The number of aromatic nitrogens is 1. The first-order chi connectivity index (χ1) is 16.8. The van der Waals surface area contributed by atoms with Crippen molar-refractivity contribution in [1.29, 1.82) is 0 Å². The number of nitrogens with zero attached hydrogens (tertiary/aromatic N) is 1. The summed E-state index contributed by atoms with van der Waals surface area (Å²) in [6, 6.07) is 4.97. The van der Waals surface area contributed by atoms with Crippen molar-refractivity contribution in [2.24, 2.45) is 5.92 Å².